The molecule has 15 heavy (non-hydrogen) atoms. The van der Waals surface area contributed by atoms with E-state index >= 15 is 0 Å². The number of alkyl halides is 1. The minimum absolute atomic E-state index is 0.00207. The van der Waals surface area contributed by atoms with Gasteiger partial charge in [-0.3, -0.25) is 4.98 Å². The van der Waals surface area contributed by atoms with Gasteiger partial charge in [0.1, 0.15) is 18.0 Å². The maximum absolute atomic E-state index is 5.96. The average Bonchev–Trinajstić information content (AvgIpc) is 2.17. The van der Waals surface area contributed by atoms with Crippen LogP contribution in [-0.2, 0) is 4.74 Å². The van der Waals surface area contributed by atoms with E-state index in [0.717, 1.165) is 6.42 Å². The molecule has 0 spiro atoms. The number of hydrogen-bond acceptors (Lipinski definition) is 3. The largest absolute Gasteiger partial charge is 0.486 e. The molecule has 3 nitrogen and oxygen atoms in total. The zero-order valence-electron chi connectivity index (χ0n) is 8.19. The first kappa shape index (κ1) is 11.0. The van der Waals surface area contributed by atoms with Crippen molar-refractivity contribution in [1.82, 2.24) is 4.98 Å². The lowest BCUT2D eigenvalue weighted by Crippen LogP contribution is -2.52. The summed E-state index contributed by atoms with van der Waals surface area (Å²) in [6, 6.07) is 1.73. The lowest BCUT2D eigenvalue weighted by molar-refractivity contribution is -0.0584. The highest BCUT2D eigenvalue weighted by molar-refractivity contribution is 6.30. The van der Waals surface area contributed by atoms with E-state index in [1.807, 2.05) is 0 Å². The molecule has 0 saturated heterocycles. The normalized spacial score (nSPS) is 29.7. The van der Waals surface area contributed by atoms with Crippen molar-refractivity contribution in [2.45, 2.75) is 24.0 Å². The molecule has 1 saturated carbocycles. The minimum atomic E-state index is -0.0503. The van der Waals surface area contributed by atoms with Crippen molar-refractivity contribution in [2.24, 2.45) is 0 Å². The molecule has 0 bridgehead atoms. The molecule has 1 aliphatic carbocycles. The average molecular weight is 248 g/mol. The first-order chi connectivity index (χ1) is 7.20. The Balaban J connectivity index is 1.98. The minimum Gasteiger partial charge on any atom is -0.486 e. The molecule has 0 amide bonds. The molecule has 0 radical (unpaired) electrons. The van der Waals surface area contributed by atoms with Crippen molar-refractivity contribution in [3.05, 3.63) is 23.5 Å². The number of pyridine rings is 1. The Kier molecular flexibility index (Phi) is 3.34. The summed E-state index contributed by atoms with van der Waals surface area (Å²) in [7, 11) is 1.63. The fraction of sp³-hybridized carbons (Fsp3) is 0.500. The Labute approximate surface area is 98.3 Å². The Bertz CT molecular complexity index is 348. The Morgan fingerprint density at radius 3 is 2.87 bits per heavy atom. The van der Waals surface area contributed by atoms with Crippen molar-refractivity contribution in [3.63, 3.8) is 0 Å². The van der Waals surface area contributed by atoms with Crippen LogP contribution in [0.25, 0.3) is 0 Å². The van der Waals surface area contributed by atoms with Crippen LogP contribution in [0.15, 0.2) is 18.5 Å². The number of halogens is 2. The van der Waals surface area contributed by atoms with Gasteiger partial charge in [-0.2, -0.15) is 0 Å². The second kappa shape index (κ2) is 4.56. The summed E-state index contributed by atoms with van der Waals surface area (Å²) >= 11 is 11.7. The summed E-state index contributed by atoms with van der Waals surface area (Å²) in [6.45, 7) is 0. The predicted octanol–water partition coefficient (Wildman–Crippen LogP) is 2.51. The molecule has 1 aromatic heterocycles. The summed E-state index contributed by atoms with van der Waals surface area (Å²) in [6.07, 6.45) is 3.92. The molecule has 0 aromatic carbocycles. The van der Waals surface area contributed by atoms with Crippen LogP contribution in [0.1, 0.15) is 6.42 Å². The molecule has 2 rings (SSSR count). The van der Waals surface area contributed by atoms with Crippen molar-refractivity contribution >= 4 is 23.2 Å². The van der Waals surface area contributed by atoms with E-state index in [-0.39, 0.29) is 17.6 Å². The van der Waals surface area contributed by atoms with E-state index in [0.29, 0.717) is 10.8 Å². The van der Waals surface area contributed by atoms with Gasteiger partial charge >= 0.3 is 0 Å². The first-order valence-corrected chi connectivity index (χ1v) is 5.46. The monoisotopic (exact) mass is 247 g/mol. The SMILES string of the molecule is COC1C(Cl)CC1Oc1cncc(Cl)c1. The molecular formula is C10H11Cl2NO2. The molecule has 1 aliphatic rings. The zero-order chi connectivity index (χ0) is 10.8. The molecule has 3 atom stereocenters. The summed E-state index contributed by atoms with van der Waals surface area (Å²) in [5.74, 6) is 0.651. The summed E-state index contributed by atoms with van der Waals surface area (Å²) in [4.78, 5) is 3.93. The van der Waals surface area contributed by atoms with Gasteiger partial charge in [0, 0.05) is 25.8 Å². The van der Waals surface area contributed by atoms with Crippen LogP contribution < -0.4 is 4.74 Å². The quantitative estimate of drug-likeness (QED) is 0.770. The summed E-state index contributed by atoms with van der Waals surface area (Å²) in [5.41, 5.74) is 0. The van der Waals surface area contributed by atoms with Gasteiger partial charge in [-0.1, -0.05) is 11.6 Å². The highest BCUT2D eigenvalue weighted by atomic mass is 35.5. The molecule has 0 N–H and O–H groups in total. The van der Waals surface area contributed by atoms with Gasteiger partial charge in [-0.25, -0.2) is 0 Å². The van der Waals surface area contributed by atoms with Crippen molar-refractivity contribution in [3.8, 4) is 5.75 Å². The molecular weight excluding hydrogens is 237 g/mol. The molecule has 3 unspecified atom stereocenters. The van der Waals surface area contributed by atoms with Crippen LogP contribution in [0.5, 0.6) is 5.75 Å². The number of rotatable bonds is 3. The van der Waals surface area contributed by atoms with E-state index in [1.54, 1.807) is 25.6 Å². The van der Waals surface area contributed by atoms with Crippen LogP contribution in [0.2, 0.25) is 5.02 Å². The molecule has 1 heterocycles. The van der Waals surface area contributed by atoms with Crippen molar-refractivity contribution < 1.29 is 9.47 Å². The van der Waals surface area contributed by atoms with Gasteiger partial charge in [-0.15, -0.1) is 11.6 Å². The van der Waals surface area contributed by atoms with E-state index in [4.69, 9.17) is 32.7 Å². The lowest BCUT2D eigenvalue weighted by Gasteiger charge is -2.39. The predicted molar refractivity (Wildman–Crippen MR) is 58.7 cm³/mol. The summed E-state index contributed by atoms with van der Waals surface area (Å²) < 4.78 is 10.9. The van der Waals surface area contributed by atoms with Gasteiger partial charge in [0.25, 0.3) is 0 Å². The molecule has 1 aromatic rings. The molecule has 82 valence electrons. The zero-order valence-corrected chi connectivity index (χ0v) is 9.70. The fourth-order valence-corrected chi connectivity index (χ4v) is 2.18. The fourth-order valence-electron chi connectivity index (χ4n) is 1.57. The topological polar surface area (TPSA) is 31.4 Å². The van der Waals surface area contributed by atoms with E-state index in [2.05, 4.69) is 4.98 Å². The highest BCUT2D eigenvalue weighted by Crippen LogP contribution is 2.32. The number of nitrogens with zero attached hydrogens (tertiary/aromatic N) is 1. The van der Waals surface area contributed by atoms with Crippen molar-refractivity contribution in [1.29, 1.82) is 0 Å². The smallest absolute Gasteiger partial charge is 0.139 e. The van der Waals surface area contributed by atoms with Gasteiger partial charge in [0.15, 0.2) is 0 Å². The van der Waals surface area contributed by atoms with Crippen molar-refractivity contribution in [2.75, 3.05) is 7.11 Å². The molecule has 1 fully saturated rings. The van der Waals surface area contributed by atoms with Gasteiger partial charge in [0.05, 0.1) is 16.6 Å². The Morgan fingerprint density at radius 2 is 2.27 bits per heavy atom. The second-order valence-corrected chi connectivity index (χ2v) is 4.44. The standard InChI is InChI=1S/C10H11Cl2NO2/c1-14-10-8(12)3-9(10)15-7-2-6(11)4-13-5-7/h2,4-5,8-10H,3H2,1H3. The maximum atomic E-state index is 5.96. The number of methoxy groups -OCH3 is 1. The van der Waals surface area contributed by atoms with E-state index in [1.165, 1.54) is 0 Å². The first-order valence-electron chi connectivity index (χ1n) is 4.65. The molecule has 5 heteroatoms. The van der Waals surface area contributed by atoms with Crippen LogP contribution in [0.3, 0.4) is 0 Å². The number of hydrogen-bond donors (Lipinski definition) is 0. The Morgan fingerprint density at radius 1 is 1.47 bits per heavy atom. The van der Waals surface area contributed by atoms with Gasteiger partial charge < -0.3 is 9.47 Å². The third kappa shape index (κ3) is 2.36. The van der Waals surface area contributed by atoms with E-state index in [9.17, 15) is 0 Å². The third-order valence-electron chi connectivity index (χ3n) is 2.42. The lowest BCUT2D eigenvalue weighted by atomic mass is 9.91. The van der Waals surface area contributed by atoms with Crippen LogP contribution in [-0.4, -0.2) is 29.7 Å². The Hall–Kier alpha value is -0.510. The number of ether oxygens (including phenoxy) is 2. The van der Waals surface area contributed by atoms with E-state index < -0.39 is 0 Å². The highest BCUT2D eigenvalue weighted by Gasteiger charge is 2.42. The maximum Gasteiger partial charge on any atom is 0.139 e. The van der Waals surface area contributed by atoms with Gasteiger partial charge in [-0.05, 0) is 0 Å². The van der Waals surface area contributed by atoms with Crippen LogP contribution >= 0.6 is 23.2 Å². The van der Waals surface area contributed by atoms with Gasteiger partial charge in [0.2, 0.25) is 0 Å². The third-order valence-corrected chi connectivity index (χ3v) is 3.05. The molecule has 0 aliphatic heterocycles. The van der Waals surface area contributed by atoms with Crippen LogP contribution in [0.4, 0.5) is 0 Å². The second-order valence-electron chi connectivity index (χ2n) is 3.45. The van der Waals surface area contributed by atoms with Crippen LogP contribution in [0, 0.1) is 0 Å². The number of aromatic nitrogens is 1. The summed E-state index contributed by atoms with van der Waals surface area (Å²) in [5, 5.41) is 0.593.